The molecule has 2 rings (SSSR count). The van der Waals surface area contributed by atoms with E-state index in [1.807, 2.05) is 24.3 Å². The third-order valence-electron chi connectivity index (χ3n) is 3.43. The van der Waals surface area contributed by atoms with E-state index in [1.165, 1.54) is 0 Å². The number of carbonyl (C=O) groups is 2. The number of ether oxygens (including phenoxy) is 2. The molecule has 2 aromatic carbocycles. The first-order valence-electron chi connectivity index (χ1n) is 7.49. The molecule has 0 aromatic heterocycles. The maximum absolute atomic E-state index is 11.9. The first kappa shape index (κ1) is 17.3. The van der Waals surface area contributed by atoms with Crippen LogP contribution in [-0.2, 0) is 16.0 Å². The summed E-state index contributed by atoms with van der Waals surface area (Å²) in [6.45, 7) is 0.342. The summed E-state index contributed by atoms with van der Waals surface area (Å²) in [5.74, 6) is 0.0459. The van der Waals surface area contributed by atoms with Gasteiger partial charge in [0.25, 0.3) is 0 Å². The molecule has 2 N–H and O–H groups in total. The van der Waals surface area contributed by atoms with Crippen molar-refractivity contribution in [3.63, 3.8) is 0 Å². The number of nitrogens with one attached hydrogen (secondary N) is 2. The van der Waals surface area contributed by atoms with E-state index in [0.29, 0.717) is 24.4 Å². The van der Waals surface area contributed by atoms with E-state index in [-0.39, 0.29) is 0 Å². The largest absolute Gasteiger partial charge is 0.497 e. The summed E-state index contributed by atoms with van der Waals surface area (Å²) < 4.78 is 10.3. The number of para-hydroxylation sites is 1. The predicted molar refractivity (Wildman–Crippen MR) is 91.3 cm³/mol. The number of methoxy groups -OCH3 is 2. The fraction of sp³-hybridized carbons (Fsp3) is 0.222. The molecule has 6 heteroatoms. The van der Waals surface area contributed by atoms with Gasteiger partial charge in [-0.3, -0.25) is 9.59 Å². The summed E-state index contributed by atoms with van der Waals surface area (Å²) in [6.07, 6.45) is 0.575. The van der Waals surface area contributed by atoms with E-state index < -0.39 is 11.8 Å². The predicted octanol–water partition coefficient (Wildman–Crippen LogP) is 2.00. The van der Waals surface area contributed by atoms with Crippen molar-refractivity contribution >= 4 is 17.5 Å². The summed E-state index contributed by atoms with van der Waals surface area (Å²) in [5.41, 5.74) is 1.50. The minimum Gasteiger partial charge on any atom is -0.497 e. The number of hydrogen-bond acceptors (Lipinski definition) is 4. The van der Waals surface area contributed by atoms with Gasteiger partial charge in [-0.05, 0) is 42.3 Å². The van der Waals surface area contributed by atoms with Crippen molar-refractivity contribution in [2.75, 3.05) is 26.1 Å². The lowest BCUT2D eigenvalue weighted by molar-refractivity contribution is -0.136. The van der Waals surface area contributed by atoms with Crippen LogP contribution in [-0.4, -0.2) is 32.6 Å². The zero-order chi connectivity index (χ0) is 17.4. The van der Waals surface area contributed by atoms with E-state index in [2.05, 4.69) is 10.6 Å². The molecule has 0 aliphatic rings. The molecular formula is C18H20N2O4. The number of amides is 2. The molecule has 0 aliphatic carbocycles. The Morgan fingerprint density at radius 2 is 1.62 bits per heavy atom. The minimum atomic E-state index is -0.708. The lowest BCUT2D eigenvalue weighted by Gasteiger charge is -2.09. The second kappa shape index (κ2) is 8.57. The average molecular weight is 328 g/mol. The van der Waals surface area contributed by atoms with Crippen molar-refractivity contribution in [1.29, 1.82) is 0 Å². The summed E-state index contributed by atoms with van der Waals surface area (Å²) in [5, 5.41) is 5.13. The molecular weight excluding hydrogens is 308 g/mol. The molecule has 0 saturated carbocycles. The lowest BCUT2D eigenvalue weighted by Crippen LogP contribution is -2.36. The molecule has 2 amide bonds. The smallest absolute Gasteiger partial charge is 0.313 e. The maximum Gasteiger partial charge on any atom is 0.313 e. The van der Waals surface area contributed by atoms with E-state index in [0.717, 1.165) is 11.3 Å². The van der Waals surface area contributed by atoms with Crippen LogP contribution in [0.2, 0.25) is 0 Å². The van der Waals surface area contributed by atoms with Crippen LogP contribution in [0.15, 0.2) is 48.5 Å². The summed E-state index contributed by atoms with van der Waals surface area (Å²) >= 11 is 0. The molecule has 0 spiro atoms. The van der Waals surface area contributed by atoms with Crippen LogP contribution in [0.1, 0.15) is 5.56 Å². The van der Waals surface area contributed by atoms with E-state index in [4.69, 9.17) is 9.47 Å². The van der Waals surface area contributed by atoms with Gasteiger partial charge in [-0.25, -0.2) is 0 Å². The Bertz CT molecular complexity index is 698. The second-order valence-corrected chi connectivity index (χ2v) is 5.00. The fourth-order valence-electron chi connectivity index (χ4n) is 2.16. The SMILES string of the molecule is COc1ccc(NC(=O)C(=O)NCCc2ccccc2OC)cc1. The van der Waals surface area contributed by atoms with Gasteiger partial charge in [-0.2, -0.15) is 0 Å². The van der Waals surface area contributed by atoms with Crippen molar-refractivity contribution in [2.45, 2.75) is 6.42 Å². The monoisotopic (exact) mass is 328 g/mol. The molecule has 6 nitrogen and oxygen atoms in total. The molecule has 0 bridgehead atoms. The third-order valence-corrected chi connectivity index (χ3v) is 3.43. The highest BCUT2D eigenvalue weighted by Crippen LogP contribution is 2.17. The Hall–Kier alpha value is -3.02. The molecule has 2 aromatic rings. The van der Waals surface area contributed by atoms with Gasteiger partial charge in [0, 0.05) is 12.2 Å². The maximum atomic E-state index is 11.9. The van der Waals surface area contributed by atoms with Gasteiger partial charge in [0.2, 0.25) is 0 Å². The first-order valence-corrected chi connectivity index (χ1v) is 7.49. The number of anilines is 1. The quantitative estimate of drug-likeness (QED) is 0.795. The molecule has 0 aliphatic heterocycles. The Kier molecular flexibility index (Phi) is 6.19. The Morgan fingerprint density at radius 3 is 2.29 bits per heavy atom. The average Bonchev–Trinajstić information content (AvgIpc) is 2.62. The van der Waals surface area contributed by atoms with Crippen LogP contribution in [0.4, 0.5) is 5.69 Å². The summed E-state index contributed by atoms with van der Waals surface area (Å²) in [4.78, 5) is 23.7. The third kappa shape index (κ3) is 4.74. The lowest BCUT2D eigenvalue weighted by atomic mass is 10.1. The van der Waals surface area contributed by atoms with Gasteiger partial charge in [-0.1, -0.05) is 18.2 Å². The van der Waals surface area contributed by atoms with Crippen LogP contribution in [0, 0.1) is 0 Å². The van der Waals surface area contributed by atoms with Gasteiger partial charge < -0.3 is 20.1 Å². The molecule has 0 heterocycles. The van der Waals surface area contributed by atoms with E-state index in [9.17, 15) is 9.59 Å². The van der Waals surface area contributed by atoms with Crippen LogP contribution < -0.4 is 20.1 Å². The van der Waals surface area contributed by atoms with Gasteiger partial charge in [0.15, 0.2) is 0 Å². The summed E-state index contributed by atoms with van der Waals surface area (Å²) in [6, 6.07) is 14.3. The highest BCUT2D eigenvalue weighted by atomic mass is 16.5. The molecule has 0 fully saturated rings. The number of hydrogen-bond donors (Lipinski definition) is 2. The zero-order valence-electron chi connectivity index (χ0n) is 13.7. The topological polar surface area (TPSA) is 76.7 Å². The van der Waals surface area contributed by atoms with Crippen molar-refractivity contribution < 1.29 is 19.1 Å². The first-order chi connectivity index (χ1) is 11.6. The highest BCUT2D eigenvalue weighted by Gasteiger charge is 2.13. The Balaban J connectivity index is 1.82. The van der Waals surface area contributed by atoms with Crippen LogP contribution in [0.3, 0.4) is 0 Å². The van der Waals surface area contributed by atoms with E-state index >= 15 is 0 Å². The van der Waals surface area contributed by atoms with Crippen molar-refractivity contribution in [1.82, 2.24) is 5.32 Å². The molecule has 24 heavy (non-hydrogen) atoms. The van der Waals surface area contributed by atoms with Crippen LogP contribution >= 0.6 is 0 Å². The summed E-state index contributed by atoms with van der Waals surface area (Å²) in [7, 11) is 3.16. The molecule has 0 atom stereocenters. The van der Waals surface area contributed by atoms with Gasteiger partial charge in [0.1, 0.15) is 11.5 Å². The van der Waals surface area contributed by atoms with Crippen molar-refractivity contribution in [3.05, 3.63) is 54.1 Å². The van der Waals surface area contributed by atoms with Crippen molar-refractivity contribution in [2.24, 2.45) is 0 Å². The Labute approximate surface area is 140 Å². The fourth-order valence-corrected chi connectivity index (χ4v) is 2.16. The molecule has 126 valence electrons. The molecule has 0 saturated heterocycles. The van der Waals surface area contributed by atoms with Gasteiger partial charge >= 0.3 is 11.8 Å². The van der Waals surface area contributed by atoms with Gasteiger partial charge in [0.05, 0.1) is 14.2 Å². The Morgan fingerprint density at radius 1 is 0.917 bits per heavy atom. The minimum absolute atomic E-state index is 0.342. The molecule has 0 radical (unpaired) electrons. The number of carbonyl (C=O) groups excluding carboxylic acids is 2. The highest BCUT2D eigenvalue weighted by molar-refractivity contribution is 6.39. The number of rotatable bonds is 6. The van der Waals surface area contributed by atoms with Crippen LogP contribution in [0.5, 0.6) is 11.5 Å². The van der Waals surface area contributed by atoms with E-state index in [1.54, 1.807) is 38.5 Å². The standard InChI is InChI=1S/C18H20N2O4/c1-23-15-9-7-14(8-10-15)20-18(22)17(21)19-12-11-13-5-3-4-6-16(13)24-2/h3-10H,11-12H2,1-2H3,(H,19,21)(H,20,22). The second-order valence-electron chi connectivity index (χ2n) is 5.00. The normalized spacial score (nSPS) is 9.92. The van der Waals surface area contributed by atoms with Crippen molar-refractivity contribution in [3.8, 4) is 11.5 Å². The zero-order valence-corrected chi connectivity index (χ0v) is 13.7. The van der Waals surface area contributed by atoms with Crippen LogP contribution in [0.25, 0.3) is 0 Å². The van der Waals surface area contributed by atoms with Gasteiger partial charge in [-0.15, -0.1) is 0 Å². The number of benzene rings is 2. The molecule has 0 unspecified atom stereocenters.